The van der Waals surface area contributed by atoms with E-state index in [4.69, 9.17) is 0 Å². The smallest absolute Gasteiger partial charge is 0.373 e. The van der Waals surface area contributed by atoms with Crippen LogP contribution in [0.4, 0.5) is 30.5 Å². The molecule has 0 aromatic carbocycles. The van der Waals surface area contributed by atoms with Crippen LogP contribution in [0.3, 0.4) is 0 Å². The Morgan fingerprint density at radius 2 is 1.85 bits per heavy atom. The van der Waals surface area contributed by atoms with Gasteiger partial charge in [-0.2, -0.15) is 18.3 Å². The van der Waals surface area contributed by atoms with E-state index in [1.54, 1.807) is 24.9 Å². The van der Waals surface area contributed by atoms with Gasteiger partial charge in [-0.05, 0) is 6.92 Å². The van der Waals surface area contributed by atoms with E-state index in [-0.39, 0.29) is 11.6 Å². The lowest BCUT2D eigenvalue weighted by Crippen LogP contribution is -2.13. The van der Waals surface area contributed by atoms with E-state index >= 15 is 0 Å². The van der Waals surface area contributed by atoms with Gasteiger partial charge in [-0.1, -0.05) is 0 Å². The van der Waals surface area contributed by atoms with E-state index in [1.807, 2.05) is 0 Å². The Morgan fingerprint density at radius 3 is 2.35 bits per heavy atom. The van der Waals surface area contributed by atoms with E-state index in [2.05, 4.69) is 25.7 Å². The van der Waals surface area contributed by atoms with Crippen LogP contribution in [0.1, 0.15) is 11.5 Å². The Balaban J connectivity index is 2.38. The van der Waals surface area contributed by atoms with Crippen molar-refractivity contribution in [2.45, 2.75) is 13.1 Å². The van der Waals surface area contributed by atoms with Crippen molar-refractivity contribution in [3.8, 4) is 0 Å². The van der Waals surface area contributed by atoms with Crippen LogP contribution in [0.2, 0.25) is 0 Å². The van der Waals surface area contributed by atoms with Crippen LogP contribution in [-0.4, -0.2) is 26.8 Å². The van der Waals surface area contributed by atoms with Crippen molar-refractivity contribution in [2.24, 2.45) is 7.05 Å². The zero-order valence-corrected chi connectivity index (χ0v) is 11.1. The van der Waals surface area contributed by atoms with Gasteiger partial charge in [0.15, 0.2) is 0 Å². The number of alkyl halides is 3. The van der Waals surface area contributed by atoms with Crippen molar-refractivity contribution in [1.29, 1.82) is 0 Å². The van der Waals surface area contributed by atoms with E-state index in [9.17, 15) is 13.2 Å². The predicted octanol–water partition coefficient (Wildman–Crippen LogP) is 2.32. The fourth-order valence-electron chi connectivity index (χ4n) is 1.63. The maximum Gasteiger partial charge on any atom is 0.451 e. The monoisotopic (exact) mass is 286 g/mol. The third-order valence-electron chi connectivity index (χ3n) is 2.51. The van der Waals surface area contributed by atoms with Gasteiger partial charge < -0.3 is 10.6 Å². The van der Waals surface area contributed by atoms with Crippen LogP contribution in [0, 0.1) is 6.92 Å². The van der Waals surface area contributed by atoms with Crippen molar-refractivity contribution in [3.63, 3.8) is 0 Å². The summed E-state index contributed by atoms with van der Waals surface area (Å²) >= 11 is 0. The molecule has 0 saturated heterocycles. The fourth-order valence-corrected chi connectivity index (χ4v) is 1.63. The summed E-state index contributed by atoms with van der Waals surface area (Å²) in [6.07, 6.45) is -2.95. The minimum Gasteiger partial charge on any atom is -0.373 e. The molecule has 0 radical (unpaired) electrons. The van der Waals surface area contributed by atoms with E-state index < -0.39 is 12.0 Å². The molecule has 0 aliphatic rings. The van der Waals surface area contributed by atoms with Gasteiger partial charge >= 0.3 is 6.18 Å². The van der Waals surface area contributed by atoms with Crippen LogP contribution < -0.4 is 10.6 Å². The molecule has 0 bridgehead atoms. The summed E-state index contributed by atoms with van der Waals surface area (Å²) in [5.41, 5.74) is 1.24. The minimum atomic E-state index is -4.60. The number of aryl methyl sites for hydroxylation is 2. The summed E-state index contributed by atoms with van der Waals surface area (Å²) < 4.78 is 39.7. The summed E-state index contributed by atoms with van der Waals surface area (Å²) in [5.74, 6) is -1.07. The Morgan fingerprint density at radius 1 is 1.20 bits per heavy atom. The molecule has 2 aromatic rings. The maximum atomic E-state index is 12.7. The molecule has 2 rings (SSSR count). The van der Waals surface area contributed by atoms with Gasteiger partial charge in [0, 0.05) is 26.4 Å². The number of hydrogen-bond acceptors (Lipinski definition) is 5. The summed E-state index contributed by atoms with van der Waals surface area (Å²) in [4.78, 5) is 6.86. The zero-order chi connectivity index (χ0) is 14.9. The molecule has 0 saturated carbocycles. The third-order valence-corrected chi connectivity index (χ3v) is 2.51. The van der Waals surface area contributed by atoms with Crippen molar-refractivity contribution in [3.05, 3.63) is 23.8 Å². The molecule has 108 valence electrons. The van der Waals surface area contributed by atoms with Gasteiger partial charge in [0.25, 0.3) is 0 Å². The van der Waals surface area contributed by atoms with Crippen molar-refractivity contribution >= 4 is 17.3 Å². The number of rotatable bonds is 3. The molecule has 0 unspecified atom stereocenters. The highest BCUT2D eigenvalue weighted by atomic mass is 19.4. The summed E-state index contributed by atoms with van der Waals surface area (Å²) in [6, 6.07) is 1.39. The zero-order valence-electron chi connectivity index (χ0n) is 11.1. The number of hydrogen-bond donors (Lipinski definition) is 2. The first-order chi connectivity index (χ1) is 9.29. The van der Waals surface area contributed by atoms with Gasteiger partial charge in [0.1, 0.15) is 11.6 Å². The Bertz CT molecular complexity index is 619. The standard InChI is InChI=1S/C11H13F3N6/c1-6-7(5-20(3)19-6)16-9-4-8(15-2)17-10(18-9)11(12,13)14/h4-5H,1-3H3,(H2,15,16,17,18). The number of anilines is 3. The largest absolute Gasteiger partial charge is 0.451 e. The first kappa shape index (κ1) is 14.1. The van der Waals surface area contributed by atoms with Gasteiger partial charge in [-0.3, -0.25) is 4.68 Å². The molecule has 2 aromatic heterocycles. The molecule has 0 fully saturated rings. The normalized spacial score (nSPS) is 11.5. The van der Waals surface area contributed by atoms with E-state index in [0.717, 1.165) is 0 Å². The van der Waals surface area contributed by atoms with E-state index in [0.29, 0.717) is 11.4 Å². The average molecular weight is 286 g/mol. The van der Waals surface area contributed by atoms with Crippen LogP contribution in [0.5, 0.6) is 0 Å². The molecule has 0 spiro atoms. The molecule has 9 heteroatoms. The highest BCUT2D eigenvalue weighted by molar-refractivity contribution is 5.60. The highest BCUT2D eigenvalue weighted by Crippen LogP contribution is 2.29. The first-order valence-electron chi connectivity index (χ1n) is 5.71. The van der Waals surface area contributed by atoms with Gasteiger partial charge in [0.05, 0.1) is 11.4 Å². The lowest BCUT2D eigenvalue weighted by Gasteiger charge is -2.10. The number of aromatic nitrogens is 4. The van der Waals surface area contributed by atoms with E-state index in [1.165, 1.54) is 13.1 Å². The first-order valence-corrected chi connectivity index (χ1v) is 5.71. The highest BCUT2D eigenvalue weighted by Gasteiger charge is 2.35. The van der Waals surface area contributed by atoms with Crippen LogP contribution in [0.25, 0.3) is 0 Å². The van der Waals surface area contributed by atoms with Gasteiger partial charge in [-0.15, -0.1) is 0 Å². The molecule has 0 aliphatic heterocycles. The number of halogens is 3. The van der Waals surface area contributed by atoms with Crippen LogP contribution >= 0.6 is 0 Å². The lowest BCUT2D eigenvalue weighted by molar-refractivity contribution is -0.144. The third kappa shape index (κ3) is 2.98. The van der Waals surface area contributed by atoms with Crippen molar-refractivity contribution < 1.29 is 13.2 Å². The molecular weight excluding hydrogens is 273 g/mol. The second kappa shape index (κ2) is 4.99. The minimum absolute atomic E-state index is 0.0489. The maximum absolute atomic E-state index is 12.7. The Labute approximate surface area is 113 Å². The van der Waals surface area contributed by atoms with Crippen LogP contribution in [0.15, 0.2) is 12.3 Å². The Kier molecular flexibility index (Phi) is 3.51. The molecule has 0 amide bonds. The lowest BCUT2D eigenvalue weighted by atomic mass is 10.4. The number of nitrogens with one attached hydrogen (secondary N) is 2. The summed E-state index contributed by atoms with van der Waals surface area (Å²) in [6.45, 7) is 1.74. The molecule has 6 nitrogen and oxygen atoms in total. The topological polar surface area (TPSA) is 67.7 Å². The number of nitrogens with zero attached hydrogens (tertiary/aromatic N) is 4. The second-order valence-electron chi connectivity index (χ2n) is 4.14. The molecule has 2 N–H and O–H groups in total. The molecule has 2 heterocycles. The molecule has 20 heavy (non-hydrogen) atoms. The van der Waals surface area contributed by atoms with Crippen molar-refractivity contribution in [2.75, 3.05) is 17.7 Å². The molecule has 0 atom stereocenters. The molecule has 0 aliphatic carbocycles. The van der Waals surface area contributed by atoms with Crippen molar-refractivity contribution in [1.82, 2.24) is 19.7 Å². The Hall–Kier alpha value is -2.32. The van der Waals surface area contributed by atoms with Crippen LogP contribution in [-0.2, 0) is 13.2 Å². The SMILES string of the molecule is CNc1cc(Nc2cn(C)nc2C)nc(C(F)(F)F)n1. The summed E-state index contributed by atoms with van der Waals surface area (Å²) in [7, 11) is 3.21. The fraction of sp³-hybridized carbons (Fsp3) is 0.364. The quantitative estimate of drug-likeness (QED) is 0.906. The summed E-state index contributed by atoms with van der Waals surface area (Å²) in [5, 5.41) is 9.47. The van der Waals surface area contributed by atoms with Gasteiger partial charge in [-0.25, -0.2) is 9.97 Å². The molecular formula is C11H13F3N6. The predicted molar refractivity (Wildman–Crippen MR) is 67.8 cm³/mol. The average Bonchev–Trinajstić information content (AvgIpc) is 2.66. The second-order valence-corrected chi connectivity index (χ2v) is 4.14. The van der Waals surface area contributed by atoms with Gasteiger partial charge in [0.2, 0.25) is 5.82 Å².